The molecule has 2 rings (SSSR count). The number of nitrogens with zero attached hydrogens (tertiary/aromatic N) is 1. The van der Waals surface area contributed by atoms with Crippen LogP contribution in [0.3, 0.4) is 0 Å². The molecule has 1 aliphatic heterocycles. The first kappa shape index (κ1) is 7.49. The van der Waals surface area contributed by atoms with E-state index in [1.807, 2.05) is 0 Å². The van der Waals surface area contributed by atoms with Crippen molar-refractivity contribution < 1.29 is 0 Å². The molecule has 1 aromatic rings. The van der Waals surface area contributed by atoms with Crippen LogP contribution in [0.4, 0.5) is 0 Å². The summed E-state index contributed by atoms with van der Waals surface area (Å²) in [5.41, 5.74) is 1.91. The first-order valence-corrected chi connectivity index (χ1v) is 4.14. The van der Waals surface area contributed by atoms with Crippen LogP contribution >= 0.6 is 0 Å². The summed E-state index contributed by atoms with van der Waals surface area (Å²) in [6.45, 7) is 1.77. The van der Waals surface area contributed by atoms with E-state index >= 15 is 0 Å². The Kier molecular flexibility index (Phi) is 1.91. The van der Waals surface area contributed by atoms with E-state index in [1.54, 1.807) is 6.20 Å². The maximum Gasteiger partial charge on any atom is 0.345 e. The van der Waals surface area contributed by atoms with Crippen molar-refractivity contribution in [2.45, 2.75) is 19.4 Å². The monoisotopic (exact) mass is 165 g/mol. The molecule has 2 heterocycles. The van der Waals surface area contributed by atoms with E-state index in [0.717, 1.165) is 31.6 Å². The highest BCUT2D eigenvalue weighted by Gasteiger charge is 2.07. The summed E-state index contributed by atoms with van der Waals surface area (Å²) in [4.78, 5) is 17.3. The molecule has 0 atom stereocenters. The molecule has 2 N–H and O–H groups in total. The van der Waals surface area contributed by atoms with Gasteiger partial charge in [-0.15, -0.1) is 0 Å². The Morgan fingerprint density at radius 2 is 2.42 bits per heavy atom. The number of nitrogens with one attached hydrogen (secondary N) is 2. The molecule has 4 nitrogen and oxygen atoms in total. The topological polar surface area (TPSA) is 57.8 Å². The van der Waals surface area contributed by atoms with Crippen molar-refractivity contribution in [2.75, 3.05) is 6.54 Å². The summed E-state index contributed by atoms with van der Waals surface area (Å²) >= 11 is 0. The average Bonchev–Trinajstić information content (AvgIpc) is 2.28. The minimum atomic E-state index is -0.252. The van der Waals surface area contributed by atoms with Crippen LogP contribution < -0.4 is 11.0 Å². The zero-order valence-electron chi connectivity index (χ0n) is 6.76. The molecule has 1 aliphatic rings. The summed E-state index contributed by atoms with van der Waals surface area (Å²) in [7, 11) is 0. The molecular weight excluding hydrogens is 154 g/mol. The predicted molar refractivity (Wildman–Crippen MR) is 44.9 cm³/mol. The van der Waals surface area contributed by atoms with Gasteiger partial charge in [-0.2, -0.15) is 0 Å². The van der Waals surface area contributed by atoms with Gasteiger partial charge in [0.2, 0.25) is 0 Å². The van der Waals surface area contributed by atoms with E-state index in [2.05, 4.69) is 15.3 Å². The Bertz CT molecular complexity index is 331. The van der Waals surface area contributed by atoms with Gasteiger partial charge in [-0.1, -0.05) is 0 Å². The van der Waals surface area contributed by atoms with Gasteiger partial charge in [0, 0.05) is 18.4 Å². The minimum absolute atomic E-state index is 0.252. The van der Waals surface area contributed by atoms with Gasteiger partial charge in [-0.25, -0.2) is 9.78 Å². The van der Waals surface area contributed by atoms with Gasteiger partial charge in [0.1, 0.15) is 0 Å². The van der Waals surface area contributed by atoms with E-state index in [0.29, 0.717) is 0 Å². The smallest absolute Gasteiger partial charge is 0.311 e. The van der Waals surface area contributed by atoms with Crippen molar-refractivity contribution in [2.24, 2.45) is 0 Å². The van der Waals surface area contributed by atoms with Crippen molar-refractivity contribution >= 4 is 0 Å². The summed E-state index contributed by atoms with van der Waals surface area (Å²) in [5.74, 6) is 0. The standard InChI is InChI=1S/C8H11N3O/c12-8-10-4-6-2-1-3-9-5-7(6)11-8/h4,9H,1-3,5H2,(H,10,11,12). The van der Waals surface area contributed by atoms with Crippen LogP contribution in [0.25, 0.3) is 0 Å². The number of aromatic nitrogens is 2. The van der Waals surface area contributed by atoms with Crippen LogP contribution in [0.1, 0.15) is 17.7 Å². The molecule has 0 spiro atoms. The van der Waals surface area contributed by atoms with Gasteiger partial charge in [-0.3, -0.25) is 0 Å². The van der Waals surface area contributed by atoms with Gasteiger partial charge in [0.15, 0.2) is 0 Å². The molecular formula is C8H11N3O. The second kappa shape index (κ2) is 3.06. The lowest BCUT2D eigenvalue weighted by Crippen LogP contribution is -2.18. The van der Waals surface area contributed by atoms with Crippen LogP contribution in [-0.2, 0) is 13.0 Å². The Morgan fingerprint density at radius 1 is 1.50 bits per heavy atom. The number of fused-ring (bicyclic) bond motifs is 1. The lowest BCUT2D eigenvalue weighted by molar-refractivity contribution is 0.673. The summed E-state index contributed by atoms with van der Waals surface area (Å²) in [6, 6.07) is 0. The van der Waals surface area contributed by atoms with Gasteiger partial charge >= 0.3 is 5.69 Å². The highest BCUT2D eigenvalue weighted by molar-refractivity contribution is 5.16. The van der Waals surface area contributed by atoms with E-state index in [-0.39, 0.29) is 5.69 Å². The predicted octanol–water partition coefficient (Wildman–Crippen LogP) is -0.194. The van der Waals surface area contributed by atoms with Gasteiger partial charge in [0.05, 0.1) is 0 Å². The maximum absolute atomic E-state index is 10.9. The van der Waals surface area contributed by atoms with Crippen LogP contribution in [0.15, 0.2) is 11.0 Å². The highest BCUT2D eigenvalue weighted by atomic mass is 16.1. The fraction of sp³-hybridized carbons (Fsp3) is 0.500. The van der Waals surface area contributed by atoms with Gasteiger partial charge < -0.3 is 10.3 Å². The van der Waals surface area contributed by atoms with Crippen molar-refractivity contribution in [1.29, 1.82) is 0 Å². The quantitative estimate of drug-likeness (QED) is 0.560. The first-order chi connectivity index (χ1) is 5.86. The molecule has 4 heteroatoms. The fourth-order valence-electron chi connectivity index (χ4n) is 1.45. The van der Waals surface area contributed by atoms with Gasteiger partial charge in [0.25, 0.3) is 0 Å². The summed E-state index contributed by atoms with van der Waals surface area (Å²) in [5, 5.41) is 3.23. The Hall–Kier alpha value is -1.16. The molecule has 0 aromatic carbocycles. The largest absolute Gasteiger partial charge is 0.345 e. The van der Waals surface area contributed by atoms with E-state index in [9.17, 15) is 4.79 Å². The highest BCUT2D eigenvalue weighted by Crippen LogP contribution is 2.07. The second-order valence-electron chi connectivity index (χ2n) is 2.97. The Morgan fingerprint density at radius 3 is 3.33 bits per heavy atom. The molecule has 0 saturated heterocycles. The number of H-pyrrole nitrogens is 1. The molecule has 64 valence electrons. The van der Waals surface area contributed by atoms with Crippen LogP contribution in [0.2, 0.25) is 0 Å². The maximum atomic E-state index is 10.9. The first-order valence-electron chi connectivity index (χ1n) is 4.14. The second-order valence-corrected chi connectivity index (χ2v) is 2.97. The fourth-order valence-corrected chi connectivity index (χ4v) is 1.45. The van der Waals surface area contributed by atoms with Crippen molar-refractivity contribution in [3.8, 4) is 0 Å². The molecule has 0 radical (unpaired) electrons. The van der Waals surface area contributed by atoms with Crippen molar-refractivity contribution in [3.63, 3.8) is 0 Å². The zero-order valence-corrected chi connectivity index (χ0v) is 6.76. The van der Waals surface area contributed by atoms with Crippen LogP contribution in [0, 0.1) is 0 Å². The molecule has 1 aromatic heterocycles. The molecule has 0 amide bonds. The Labute approximate surface area is 70.0 Å². The molecule has 0 fully saturated rings. The molecule has 12 heavy (non-hydrogen) atoms. The number of rotatable bonds is 0. The molecule has 0 aliphatic carbocycles. The number of hydrogen-bond acceptors (Lipinski definition) is 3. The Balaban J connectivity index is 2.43. The number of hydrogen-bond donors (Lipinski definition) is 2. The van der Waals surface area contributed by atoms with Gasteiger partial charge in [-0.05, 0) is 24.9 Å². The lowest BCUT2D eigenvalue weighted by Gasteiger charge is -2.01. The third-order valence-corrected chi connectivity index (χ3v) is 2.08. The van der Waals surface area contributed by atoms with E-state index < -0.39 is 0 Å². The molecule has 0 bridgehead atoms. The minimum Gasteiger partial charge on any atom is -0.311 e. The number of aromatic amines is 1. The third-order valence-electron chi connectivity index (χ3n) is 2.08. The average molecular weight is 165 g/mol. The zero-order chi connectivity index (χ0) is 8.39. The van der Waals surface area contributed by atoms with E-state index in [1.165, 1.54) is 5.56 Å². The third kappa shape index (κ3) is 1.38. The molecule has 0 saturated carbocycles. The molecule has 0 unspecified atom stereocenters. The van der Waals surface area contributed by atoms with Crippen LogP contribution in [0.5, 0.6) is 0 Å². The lowest BCUT2D eigenvalue weighted by atomic mass is 10.1. The summed E-state index contributed by atoms with van der Waals surface area (Å²) < 4.78 is 0. The van der Waals surface area contributed by atoms with E-state index in [4.69, 9.17) is 0 Å². The van der Waals surface area contributed by atoms with Crippen molar-refractivity contribution in [1.82, 2.24) is 15.3 Å². The van der Waals surface area contributed by atoms with Crippen LogP contribution in [-0.4, -0.2) is 16.5 Å². The van der Waals surface area contributed by atoms with Crippen molar-refractivity contribution in [3.05, 3.63) is 27.9 Å². The number of aryl methyl sites for hydroxylation is 1. The normalized spacial score (nSPS) is 16.7. The SMILES string of the molecule is O=c1ncc2c([nH]1)CNCCC2. The summed E-state index contributed by atoms with van der Waals surface area (Å²) in [6.07, 6.45) is 3.80.